The summed E-state index contributed by atoms with van der Waals surface area (Å²) in [4.78, 5) is 12.4. The molecule has 2 atom stereocenters. The molecule has 0 spiro atoms. The van der Waals surface area contributed by atoms with Crippen molar-refractivity contribution in [2.45, 2.75) is 289 Å². The molecule has 0 saturated heterocycles. The normalized spacial score (nSPS) is 13.2. The molecule has 0 heterocycles. The fourth-order valence-corrected chi connectivity index (χ4v) is 7.99. The maximum absolute atomic E-state index is 12.4. The predicted octanol–water partition coefficient (Wildman–Crippen LogP) is 17.1. The number of allylic oxidation sites excluding steroid dienone is 7. The standard InChI is InChI=1S/C55H103NO3/c1-3-5-7-9-11-13-15-17-19-20-21-22-23-24-25-26-27-28-29-30-31-32-33-34-35-37-38-40-42-44-46-48-50-54(58)53(52-57)56-55(59)51-49-47-45-43-41-39-36-18-16-14-12-10-8-6-4-2/h12,14,18,36,40,42,48,50,53-54,57-58H,3-11,13,15-17,19-35,37-39,41,43-47,49,51-52H2,1-2H3,(H,56,59)/b14-12-,36-18-,42-40+,50-48+. The van der Waals surface area contributed by atoms with Gasteiger partial charge in [0.15, 0.2) is 0 Å². The van der Waals surface area contributed by atoms with Crippen molar-refractivity contribution in [2.75, 3.05) is 6.61 Å². The predicted molar refractivity (Wildman–Crippen MR) is 262 cm³/mol. The van der Waals surface area contributed by atoms with Gasteiger partial charge in [-0.25, -0.2) is 0 Å². The van der Waals surface area contributed by atoms with Crippen LogP contribution in [-0.2, 0) is 4.79 Å². The van der Waals surface area contributed by atoms with Crippen molar-refractivity contribution in [3.63, 3.8) is 0 Å². The van der Waals surface area contributed by atoms with Crippen LogP contribution in [0.3, 0.4) is 0 Å². The second kappa shape index (κ2) is 50.7. The summed E-state index contributed by atoms with van der Waals surface area (Å²) in [5.74, 6) is -0.0869. The molecule has 0 bridgehead atoms. The number of carbonyl (C=O) groups is 1. The lowest BCUT2D eigenvalue weighted by molar-refractivity contribution is -0.123. The highest BCUT2D eigenvalue weighted by Gasteiger charge is 2.17. The molecule has 3 N–H and O–H groups in total. The van der Waals surface area contributed by atoms with E-state index in [0.29, 0.717) is 6.42 Å². The minimum Gasteiger partial charge on any atom is -0.394 e. The summed E-state index contributed by atoms with van der Waals surface area (Å²) in [5.41, 5.74) is 0. The fraction of sp³-hybridized carbons (Fsp3) is 0.836. The number of carbonyl (C=O) groups excluding carboxylic acids is 1. The van der Waals surface area contributed by atoms with Crippen LogP contribution in [0.1, 0.15) is 277 Å². The smallest absolute Gasteiger partial charge is 0.220 e. The van der Waals surface area contributed by atoms with Crippen LogP contribution in [0.2, 0.25) is 0 Å². The van der Waals surface area contributed by atoms with Gasteiger partial charge in [0.05, 0.1) is 18.8 Å². The summed E-state index contributed by atoms with van der Waals surface area (Å²) in [6, 6.07) is -0.648. The Morgan fingerprint density at radius 1 is 0.407 bits per heavy atom. The molecule has 346 valence electrons. The Balaban J connectivity index is 3.50. The molecule has 1 amide bonds. The lowest BCUT2D eigenvalue weighted by Crippen LogP contribution is -2.45. The van der Waals surface area contributed by atoms with E-state index in [-0.39, 0.29) is 12.5 Å². The van der Waals surface area contributed by atoms with Gasteiger partial charge in [-0.1, -0.05) is 255 Å². The molecule has 0 radical (unpaired) electrons. The Hall–Kier alpha value is -1.65. The van der Waals surface area contributed by atoms with E-state index < -0.39 is 12.1 Å². The van der Waals surface area contributed by atoms with Crippen molar-refractivity contribution >= 4 is 5.91 Å². The molecular weight excluding hydrogens is 723 g/mol. The van der Waals surface area contributed by atoms with E-state index >= 15 is 0 Å². The van der Waals surface area contributed by atoms with Crippen LogP contribution in [0.5, 0.6) is 0 Å². The highest BCUT2D eigenvalue weighted by Crippen LogP contribution is 2.17. The Kier molecular flexibility index (Phi) is 49.3. The summed E-state index contributed by atoms with van der Waals surface area (Å²) in [6.45, 7) is 4.28. The van der Waals surface area contributed by atoms with E-state index in [4.69, 9.17) is 0 Å². The number of unbranched alkanes of at least 4 members (excludes halogenated alkanes) is 35. The maximum atomic E-state index is 12.4. The quantitative estimate of drug-likeness (QED) is 0.0423. The van der Waals surface area contributed by atoms with E-state index in [0.717, 1.165) is 51.4 Å². The molecule has 0 aliphatic rings. The third-order valence-corrected chi connectivity index (χ3v) is 12.0. The van der Waals surface area contributed by atoms with E-state index in [1.807, 2.05) is 6.08 Å². The summed E-state index contributed by atoms with van der Waals surface area (Å²) in [6.07, 6.45) is 69.9. The molecule has 0 rings (SSSR count). The average Bonchev–Trinajstić information content (AvgIpc) is 3.24. The van der Waals surface area contributed by atoms with Gasteiger partial charge in [0, 0.05) is 6.42 Å². The molecule has 0 aliphatic heterocycles. The molecule has 0 saturated carbocycles. The van der Waals surface area contributed by atoms with Crippen LogP contribution in [0.4, 0.5) is 0 Å². The first-order valence-electron chi connectivity index (χ1n) is 26.4. The molecule has 0 aliphatic carbocycles. The third kappa shape index (κ3) is 47.3. The molecular formula is C55H103NO3. The van der Waals surface area contributed by atoms with Gasteiger partial charge < -0.3 is 15.5 Å². The highest BCUT2D eigenvalue weighted by atomic mass is 16.3. The highest BCUT2D eigenvalue weighted by molar-refractivity contribution is 5.76. The van der Waals surface area contributed by atoms with Crippen LogP contribution in [0.15, 0.2) is 48.6 Å². The molecule has 4 heteroatoms. The van der Waals surface area contributed by atoms with E-state index in [9.17, 15) is 15.0 Å². The van der Waals surface area contributed by atoms with Gasteiger partial charge in [-0.3, -0.25) is 4.79 Å². The number of aliphatic hydroxyl groups excluding tert-OH is 2. The lowest BCUT2D eigenvalue weighted by Gasteiger charge is -2.19. The van der Waals surface area contributed by atoms with Crippen LogP contribution in [-0.4, -0.2) is 34.9 Å². The second-order valence-electron chi connectivity index (χ2n) is 17.9. The van der Waals surface area contributed by atoms with Crippen molar-refractivity contribution in [2.24, 2.45) is 0 Å². The van der Waals surface area contributed by atoms with Gasteiger partial charge in [-0.2, -0.15) is 0 Å². The SMILES string of the molecule is CCCCC/C=C\C/C=C\CCCCCCCC(=O)NC(CO)C(O)/C=C/CC/C=C/CCCCCCCCCCCCCCCCCCCCCCCCCCCC. The first kappa shape index (κ1) is 57.3. The van der Waals surface area contributed by atoms with Gasteiger partial charge in [-0.15, -0.1) is 0 Å². The van der Waals surface area contributed by atoms with Crippen molar-refractivity contribution in [1.29, 1.82) is 0 Å². The third-order valence-electron chi connectivity index (χ3n) is 12.0. The number of hydrogen-bond donors (Lipinski definition) is 3. The largest absolute Gasteiger partial charge is 0.394 e. The zero-order valence-corrected chi connectivity index (χ0v) is 39.8. The molecule has 59 heavy (non-hydrogen) atoms. The van der Waals surface area contributed by atoms with E-state index in [1.165, 1.54) is 205 Å². The van der Waals surface area contributed by atoms with Crippen molar-refractivity contribution in [3.8, 4) is 0 Å². The topological polar surface area (TPSA) is 69.6 Å². The second-order valence-corrected chi connectivity index (χ2v) is 17.9. The molecule has 0 aromatic carbocycles. The van der Waals surface area contributed by atoms with Crippen LogP contribution in [0.25, 0.3) is 0 Å². The summed E-state index contributed by atoms with van der Waals surface area (Å²) < 4.78 is 0. The Morgan fingerprint density at radius 3 is 1.12 bits per heavy atom. The van der Waals surface area contributed by atoms with E-state index in [2.05, 4.69) is 55.6 Å². The van der Waals surface area contributed by atoms with Crippen LogP contribution in [0, 0.1) is 0 Å². The minimum absolute atomic E-state index is 0.0869. The zero-order chi connectivity index (χ0) is 42.8. The monoisotopic (exact) mass is 826 g/mol. The van der Waals surface area contributed by atoms with Crippen molar-refractivity contribution < 1.29 is 15.0 Å². The molecule has 4 nitrogen and oxygen atoms in total. The molecule has 0 aromatic heterocycles. The zero-order valence-electron chi connectivity index (χ0n) is 39.8. The van der Waals surface area contributed by atoms with Gasteiger partial charge in [-0.05, 0) is 64.2 Å². The Morgan fingerprint density at radius 2 is 0.712 bits per heavy atom. The maximum Gasteiger partial charge on any atom is 0.220 e. The van der Waals surface area contributed by atoms with Gasteiger partial charge in [0.1, 0.15) is 0 Å². The van der Waals surface area contributed by atoms with Crippen LogP contribution < -0.4 is 5.32 Å². The van der Waals surface area contributed by atoms with Crippen molar-refractivity contribution in [3.05, 3.63) is 48.6 Å². The van der Waals surface area contributed by atoms with Crippen molar-refractivity contribution in [1.82, 2.24) is 5.32 Å². The van der Waals surface area contributed by atoms with Gasteiger partial charge in [0.2, 0.25) is 5.91 Å². The van der Waals surface area contributed by atoms with E-state index in [1.54, 1.807) is 6.08 Å². The molecule has 0 aromatic rings. The van der Waals surface area contributed by atoms with Gasteiger partial charge >= 0.3 is 0 Å². The minimum atomic E-state index is -0.869. The number of nitrogens with one attached hydrogen (secondary N) is 1. The Labute approximate surface area is 369 Å². The van der Waals surface area contributed by atoms with Gasteiger partial charge in [0.25, 0.3) is 0 Å². The summed E-state index contributed by atoms with van der Waals surface area (Å²) >= 11 is 0. The number of rotatable bonds is 48. The first-order chi connectivity index (χ1) is 29.2. The molecule has 2 unspecified atom stereocenters. The lowest BCUT2D eigenvalue weighted by atomic mass is 10.0. The first-order valence-corrected chi connectivity index (χ1v) is 26.4. The number of aliphatic hydroxyl groups is 2. The summed E-state index contributed by atoms with van der Waals surface area (Å²) in [5, 5.41) is 23.0. The number of hydrogen-bond acceptors (Lipinski definition) is 3. The van der Waals surface area contributed by atoms with Crippen LogP contribution >= 0.6 is 0 Å². The molecule has 0 fully saturated rings. The Bertz CT molecular complexity index is 939. The summed E-state index contributed by atoms with van der Waals surface area (Å²) in [7, 11) is 0. The number of amides is 1. The average molecular weight is 826 g/mol. The fourth-order valence-electron chi connectivity index (χ4n) is 7.99.